The van der Waals surface area contributed by atoms with E-state index in [4.69, 9.17) is 10.00 Å². The third-order valence-corrected chi connectivity index (χ3v) is 3.93. The van der Waals surface area contributed by atoms with Crippen molar-refractivity contribution in [2.24, 2.45) is 5.41 Å². The number of nitriles is 1. The molecule has 1 atom stereocenters. The first kappa shape index (κ1) is 14.9. The number of aryl methyl sites for hydroxylation is 1. The first-order chi connectivity index (χ1) is 9.52. The average Bonchev–Trinajstić information content (AvgIpc) is 2.79. The van der Waals surface area contributed by atoms with E-state index in [0.717, 1.165) is 43.4 Å². The lowest BCUT2D eigenvalue weighted by Gasteiger charge is -2.14. The second-order valence-corrected chi connectivity index (χ2v) is 6.22. The molecule has 20 heavy (non-hydrogen) atoms. The van der Waals surface area contributed by atoms with E-state index in [1.807, 2.05) is 32.0 Å². The summed E-state index contributed by atoms with van der Waals surface area (Å²) in [6, 6.07) is 8.27. The normalized spacial score (nSPS) is 17.6. The summed E-state index contributed by atoms with van der Waals surface area (Å²) in [6.07, 6.45) is 4.33. The van der Waals surface area contributed by atoms with Crippen LogP contribution >= 0.6 is 0 Å². The van der Waals surface area contributed by atoms with Crippen molar-refractivity contribution in [3.05, 3.63) is 29.3 Å². The minimum Gasteiger partial charge on any atom is -0.494 e. The van der Waals surface area contributed by atoms with Crippen LogP contribution in [0, 0.1) is 16.7 Å². The number of rotatable bonds is 6. The van der Waals surface area contributed by atoms with Gasteiger partial charge in [0.25, 0.3) is 0 Å². The number of benzene rings is 1. The van der Waals surface area contributed by atoms with E-state index in [1.165, 1.54) is 5.56 Å². The molecule has 1 aliphatic rings. The van der Waals surface area contributed by atoms with Gasteiger partial charge < -0.3 is 9.84 Å². The Morgan fingerprint density at radius 3 is 2.95 bits per heavy atom. The van der Waals surface area contributed by atoms with Crippen LogP contribution in [-0.2, 0) is 6.42 Å². The van der Waals surface area contributed by atoms with Crippen LogP contribution in [0.15, 0.2) is 18.2 Å². The van der Waals surface area contributed by atoms with Crippen molar-refractivity contribution in [3.8, 4) is 11.8 Å². The fraction of sp³-hybridized carbons (Fsp3) is 0.588. The number of ether oxygens (including phenoxy) is 1. The minimum absolute atomic E-state index is 0.232. The zero-order valence-corrected chi connectivity index (χ0v) is 12.4. The lowest BCUT2D eigenvalue weighted by Crippen LogP contribution is -2.08. The number of hydrogen-bond acceptors (Lipinski definition) is 3. The van der Waals surface area contributed by atoms with Crippen molar-refractivity contribution in [3.63, 3.8) is 0 Å². The Balaban J connectivity index is 1.74. The second-order valence-electron chi connectivity index (χ2n) is 6.22. The summed E-state index contributed by atoms with van der Waals surface area (Å²) in [5.41, 5.74) is 2.03. The Morgan fingerprint density at radius 2 is 2.20 bits per heavy atom. The molecule has 0 saturated heterocycles. The van der Waals surface area contributed by atoms with Gasteiger partial charge >= 0.3 is 0 Å². The predicted octanol–water partition coefficient (Wildman–Crippen LogP) is 3.77. The van der Waals surface area contributed by atoms with Crippen molar-refractivity contribution in [1.29, 1.82) is 5.26 Å². The molecular weight excluding hydrogens is 250 g/mol. The maximum Gasteiger partial charge on any atom is 0.119 e. The van der Waals surface area contributed by atoms with Gasteiger partial charge in [-0.1, -0.05) is 6.07 Å². The third-order valence-electron chi connectivity index (χ3n) is 3.93. The molecule has 0 fully saturated rings. The van der Waals surface area contributed by atoms with E-state index in [2.05, 4.69) is 6.07 Å². The van der Waals surface area contributed by atoms with E-state index in [-0.39, 0.29) is 11.5 Å². The van der Waals surface area contributed by atoms with Crippen LogP contribution in [0.5, 0.6) is 5.75 Å². The number of aliphatic hydroxyl groups is 1. The average molecular weight is 273 g/mol. The first-order valence-corrected chi connectivity index (χ1v) is 7.37. The molecule has 0 spiro atoms. The van der Waals surface area contributed by atoms with Gasteiger partial charge in [0.2, 0.25) is 0 Å². The highest BCUT2D eigenvalue weighted by molar-refractivity contribution is 5.39. The lowest BCUT2D eigenvalue weighted by atomic mass is 9.89. The molecule has 108 valence electrons. The number of nitrogens with zero attached hydrogens (tertiary/aromatic N) is 1. The van der Waals surface area contributed by atoms with Gasteiger partial charge in [-0.05, 0) is 69.2 Å². The molecule has 0 amide bonds. The number of hydrogen-bond donors (Lipinski definition) is 1. The van der Waals surface area contributed by atoms with Crippen molar-refractivity contribution < 1.29 is 9.84 Å². The molecular formula is C17H23NO2. The van der Waals surface area contributed by atoms with E-state index in [0.29, 0.717) is 6.61 Å². The van der Waals surface area contributed by atoms with Gasteiger partial charge in [0.1, 0.15) is 5.75 Å². The van der Waals surface area contributed by atoms with Gasteiger partial charge in [-0.2, -0.15) is 5.26 Å². The van der Waals surface area contributed by atoms with Crippen molar-refractivity contribution >= 4 is 0 Å². The molecule has 0 unspecified atom stereocenters. The van der Waals surface area contributed by atoms with Gasteiger partial charge in [-0.15, -0.1) is 0 Å². The van der Waals surface area contributed by atoms with Crippen LogP contribution in [0.4, 0.5) is 0 Å². The summed E-state index contributed by atoms with van der Waals surface area (Å²) in [6.45, 7) is 4.63. The quantitative estimate of drug-likeness (QED) is 0.803. The first-order valence-electron chi connectivity index (χ1n) is 7.37. The molecule has 0 saturated carbocycles. The summed E-state index contributed by atoms with van der Waals surface area (Å²) in [7, 11) is 0. The molecule has 0 aliphatic heterocycles. The second kappa shape index (κ2) is 6.28. The van der Waals surface area contributed by atoms with Crippen LogP contribution in [0.3, 0.4) is 0 Å². The van der Waals surface area contributed by atoms with Crippen LogP contribution in [-0.4, -0.2) is 11.7 Å². The zero-order valence-electron chi connectivity index (χ0n) is 12.4. The Hall–Kier alpha value is -1.53. The lowest BCUT2D eigenvalue weighted by molar-refractivity contribution is 0.180. The molecule has 1 aromatic rings. The maximum atomic E-state index is 9.75. The monoisotopic (exact) mass is 273 g/mol. The summed E-state index contributed by atoms with van der Waals surface area (Å²) < 4.78 is 5.75. The Kier molecular flexibility index (Phi) is 4.67. The summed E-state index contributed by atoms with van der Waals surface area (Å²) >= 11 is 0. The van der Waals surface area contributed by atoms with Crippen molar-refractivity contribution in [1.82, 2.24) is 0 Å². The highest BCUT2D eigenvalue weighted by atomic mass is 16.5. The number of fused-ring (bicyclic) bond motifs is 1. The van der Waals surface area contributed by atoms with Crippen LogP contribution in [0.25, 0.3) is 0 Å². The topological polar surface area (TPSA) is 53.2 Å². The van der Waals surface area contributed by atoms with Gasteiger partial charge in [-0.3, -0.25) is 0 Å². The standard InChI is InChI=1S/C17H23NO2/c1-17(2,12-18)9-3-4-10-20-14-6-7-15-13(11-14)5-8-16(15)19/h6-7,11,16,19H,3-5,8-10H2,1-2H3/t16-/m0/s1. The summed E-state index contributed by atoms with van der Waals surface area (Å²) in [4.78, 5) is 0. The largest absolute Gasteiger partial charge is 0.494 e. The van der Waals surface area contributed by atoms with E-state index >= 15 is 0 Å². The van der Waals surface area contributed by atoms with Crippen molar-refractivity contribution in [2.45, 2.75) is 52.1 Å². The van der Waals surface area contributed by atoms with Gasteiger partial charge in [0, 0.05) is 0 Å². The molecule has 0 radical (unpaired) electrons. The number of unbranched alkanes of at least 4 members (excludes halogenated alkanes) is 1. The SMILES string of the molecule is CC(C)(C#N)CCCCOc1ccc2c(c1)CC[C@@H]2O. The van der Waals surface area contributed by atoms with Gasteiger partial charge in [-0.25, -0.2) is 0 Å². The molecule has 2 rings (SSSR count). The maximum absolute atomic E-state index is 9.75. The fourth-order valence-electron chi connectivity index (χ4n) is 2.58. The molecule has 0 bridgehead atoms. The van der Waals surface area contributed by atoms with E-state index < -0.39 is 0 Å². The molecule has 1 aromatic carbocycles. The summed E-state index contributed by atoms with van der Waals surface area (Å²) in [5.74, 6) is 0.886. The predicted molar refractivity (Wildman–Crippen MR) is 78.5 cm³/mol. The van der Waals surface area contributed by atoms with E-state index in [9.17, 15) is 5.11 Å². The Labute approximate surface area is 121 Å². The van der Waals surface area contributed by atoms with E-state index in [1.54, 1.807) is 0 Å². The van der Waals surface area contributed by atoms with Gasteiger partial charge in [0.05, 0.1) is 24.2 Å². The molecule has 3 heteroatoms. The highest BCUT2D eigenvalue weighted by Crippen LogP contribution is 2.33. The Morgan fingerprint density at radius 1 is 1.40 bits per heavy atom. The highest BCUT2D eigenvalue weighted by Gasteiger charge is 2.20. The Bertz CT molecular complexity index is 502. The smallest absolute Gasteiger partial charge is 0.119 e. The number of aliphatic hydroxyl groups excluding tert-OH is 1. The summed E-state index contributed by atoms with van der Waals surface area (Å²) in [5, 5.41) is 18.7. The van der Waals surface area contributed by atoms with Crippen LogP contribution < -0.4 is 4.74 Å². The van der Waals surface area contributed by atoms with Gasteiger partial charge in [0.15, 0.2) is 0 Å². The molecule has 1 aliphatic carbocycles. The minimum atomic E-state index is -0.299. The molecule has 0 aromatic heterocycles. The fourth-order valence-corrected chi connectivity index (χ4v) is 2.58. The third kappa shape index (κ3) is 3.74. The molecule has 1 N–H and O–H groups in total. The van der Waals surface area contributed by atoms with Crippen LogP contribution in [0.2, 0.25) is 0 Å². The van der Waals surface area contributed by atoms with Crippen molar-refractivity contribution in [2.75, 3.05) is 6.61 Å². The molecule has 3 nitrogen and oxygen atoms in total. The zero-order chi connectivity index (χ0) is 14.6. The molecule has 0 heterocycles. The van der Waals surface area contributed by atoms with Crippen LogP contribution in [0.1, 0.15) is 56.8 Å².